The highest BCUT2D eigenvalue weighted by atomic mass is 35.5. The van der Waals surface area contributed by atoms with Crippen LogP contribution in [0.15, 0.2) is 18.2 Å². The van der Waals surface area contributed by atoms with Gasteiger partial charge >= 0.3 is 0 Å². The minimum atomic E-state index is -0.736. The number of methoxy groups -OCH3 is 1. The third-order valence-electron chi connectivity index (χ3n) is 3.73. The van der Waals surface area contributed by atoms with Gasteiger partial charge in [0.05, 0.1) is 0 Å². The van der Waals surface area contributed by atoms with Gasteiger partial charge in [-0.25, -0.2) is 0 Å². The van der Waals surface area contributed by atoms with Crippen molar-refractivity contribution in [3.8, 4) is 0 Å². The highest BCUT2D eigenvalue weighted by Crippen LogP contribution is 2.27. The van der Waals surface area contributed by atoms with E-state index in [2.05, 4.69) is 10.6 Å². The van der Waals surface area contributed by atoms with E-state index in [1.54, 1.807) is 7.11 Å². The summed E-state index contributed by atoms with van der Waals surface area (Å²) in [4.78, 5) is 12.5. The van der Waals surface area contributed by atoms with Crippen molar-refractivity contribution in [3.05, 3.63) is 28.8 Å². The van der Waals surface area contributed by atoms with Gasteiger partial charge in [0.25, 0.3) is 5.91 Å². The van der Waals surface area contributed by atoms with Crippen molar-refractivity contribution in [2.45, 2.75) is 25.4 Å². The largest absolute Gasteiger partial charge is 0.368 e. The lowest BCUT2D eigenvalue weighted by atomic mass is 9.91. The smallest absolute Gasteiger partial charge is 0.256 e. The molecule has 112 valence electrons. The number of nitrogens with one attached hydrogen (secondary N) is 2. The van der Waals surface area contributed by atoms with Crippen LogP contribution in [-0.4, -0.2) is 31.7 Å². The van der Waals surface area contributed by atoms with Gasteiger partial charge in [-0.1, -0.05) is 17.7 Å². The molecule has 1 aliphatic rings. The molecule has 0 unspecified atom stereocenters. The Morgan fingerprint density at radius 3 is 2.65 bits per heavy atom. The molecule has 0 spiro atoms. The lowest BCUT2D eigenvalue weighted by Gasteiger charge is -2.34. The molecule has 0 atom stereocenters. The van der Waals surface area contributed by atoms with E-state index < -0.39 is 5.60 Å². The van der Waals surface area contributed by atoms with Crippen LogP contribution in [0.3, 0.4) is 0 Å². The van der Waals surface area contributed by atoms with Gasteiger partial charge in [0.1, 0.15) is 5.60 Å². The van der Waals surface area contributed by atoms with Crippen molar-refractivity contribution in [3.63, 3.8) is 0 Å². The normalized spacial score (nSPS) is 17.1. The highest BCUT2D eigenvalue weighted by molar-refractivity contribution is 6.31. The highest BCUT2D eigenvalue weighted by Gasteiger charge is 2.39. The van der Waals surface area contributed by atoms with Crippen molar-refractivity contribution >= 4 is 35.6 Å². The molecule has 1 saturated heterocycles. The minimum absolute atomic E-state index is 0. The standard InChI is InChI=1S/C14H19ClN2O2.ClH/c1-10-11(15)4-3-5-12(10)17-13(18)14(19-2)6-8-16-9-7-14;/h3-5,16H,6-9H2,1-2H3,(H,17,18);1H. The predicted molar refractivity (Wildman–Crippen MR) is 83.9 cm³/mol. The molecule has 4 nitrogen and oxygen atoms in total. The fraction of sp³-hybridized carbons (Fsp3) is 0.500. The zero-order valence-corrected chi connectivity index (χ0v) is 13.2. The summed E-state index contributed by atoms with van der Waals surface area (Å²) in [7, 11) is 1.59. The molecule has 1 fully saturated rings. The van der Waals surface area contributed by atoms with E-state index in [1.165, 1.54) is 0 Å². The zero-order chi connectivity index (χ0) is 13.9. The Morgan fingerprint density at radius 2 is 2.05 bits per heavy atom. The Bertz CT molecular complexity index is 474. The second-order valence-corrected chi connectivity index (χ2v) is 5.22. The Balaban J connectivity index is 0.00000200. The predicted octanol–water partition coefficient (Wildman–Crippen LogP) is 2.78. The molecule has 20 heavy (non-hydrogen) atoms. The lowest BCUT2D eigenvalue weighted by molar-refractivity contribution is -0.140. The maximum absolute atomic E-state index is 12.5. The molecule has 1 aromatic carbocycles. The van der Waals surface area contributed by atoms with E-state index in [0.29, 0.717) is 17.9 Å². The van der Waals surface area contributed by atoms with Gasteiger partial charge in [0.15, 0.2) is 0 Å². The number of halogens is 2. The fourth-order valence-electron chi connectivity index (χ4n) is 2.33. The van der Waals surface area contributed by atoms with Crippen LogP contribution in [0, 0.1) is 6.92 Å². The molecule has 1 aromatic rings. The van der Waals surface area contributed by atoms with Crippen LogP contribution in [0.2, 0.25) is 5.02 Å². The number of benzene rings is 1. The van der Waals surface area contributed by atoms with Crippen molar-refractivity contribution in [1.82, 2.24) is 5.32 Å². The number of rotatable bonds is 3. The summed E-state index contributed by atoms with van der Waals surface area (Å²) in [5.74, 6) is -0.0955. The first-order valence-electron chi connectivity index (χ1n) is 6.41. The Labute approximate surface area is 130 Å². The second kappa shape index (κ2) is 7.27. The van der Waals surface area contributed by atoms with E-state index in [1.807, 2.05) is 25.1 Å². The first-order chi connectivity index (χ1) is 9.09. The molecule has 2 rings (SSSR count). The van der Waals surface area contributed by atoms with Crippen LogP contribution in [0.25, 0.3) is 0 Å². The summed E-state index contributed by atoms with van der Waals surface area (Å²) >= 11 is 6.06. The maximum Gasteiger partial charge on any atom is 0.256 e. The molecule has 0 bridgehead atoms. The second-order valence-electron chi connectivity index (χ2n) is 4.81. The summed E-state index contributed by atoms with van der Waals surface area (Å²) in [6.07, 6.45) is 1.35. The maximum atomic E-state index is 12.5. The molecule has 1 aliphatic heterocycles. The molecule has 0 saturated carbocycles. The van der Waals surface area contributed by atoms with E-state index in [-0.39, 0.29) is 18.3 Å². The number of piperidine rings is 1. The molecular weight excluding hydrogens is 299 g/mol. The molecule has 0 aliphatic carbocycles. The van der Waals surface area contributed by atoms with Crippen molar-refractivity contribution in [1.29, 1.82) is 0 Å². The van der Waals surface area contributed by atoms with Gasteiger partial charge < -0.3 is 15.4 Å². The molecule has 6 heteroatoms. The molecule has 1 heterocycles. The molecule has 0 aromatic heterocycles. The Kier molecular flexibility index (Phi) is 6.27. The molecule has 2 N–H and O–H groups in total. The summed E-state index contributed by atoms with van der Waals surface area (Å²) in [5, 5.41) is 6.82. The topological polar surface area (TPSA) is 50.4 Å². The van der Waals surface area contributed by atoms with Crippen LogP contribution in [0.1, 0.15) is 18.4 Å². The molecular formula is C14H20Cl2N2O2. The van der Waals surface area contributed by atoms with Gasteiger partial charge in [0, 0.05) is 17.8 Å². The van der Waals surface area contributed by atoms with Crippen molar-refractivity contribution in [2.24, 2.45) is 0 Å². The Hall–Kier alpha value is -0.810. The summed E-state index contributed by atoms with van der Waals surface area (Å²) in [6.45, 7) is 3.46. The third-order valence-corrected chi connectivity index (χ3v) is 4.14. The molecule has 0 radical (unpaired) electrons. The number of ether oxygens (including phenoxy) is 1. The minimum Gasteiger partial charge on any atom is -0.368 e. The van der Waals surface area contributed by atoms with Crippen LogP contribution in [-0.2, 0) is 9.53 Å². The number of anilines is 1. The summed E-state index contributed by atoms with van der Waals surface area (Å²) < 4.78 is 5.50. The van der Waals surface area contributed by atoms with Crippen LogP contribution in [0.4, 0.5) is 5.69 Å². The first-order valence-corrected chi connectivity index (χ1v) is 6.79. The van der Waals surface area contributed by atoms with E-state index in [0.717, 1.165) is 24.3 Å². The first kappa shape index (κ1) is 17.2. The van der Waals surface area contributed by atoms with Crippen LogP contribution >= 0.6 is 24.0 Å². The lowest BCUT2D eigenvalue weighted by Crippen LogP contribution is -2.51. The quantitative estimate of drug-likeness (QED) is 0.901. The average Bonchev–Trinajstić information content (AvgIpc) is 2.44. The number of hydrogen-bond donors (Lipinski definition) is 2. The van der Waals surface area contributed by atoms with Crippen molar-refractivity contribution in [2.75, 3.05) is 25.5 Å². The fourth-order valence-corrected chi connectivity index (χ4v) is 2.51. The average molecular weight is 319 g/mol. The summed E-state index contributed by atoms with van der Waals surface area (Å²) in [6, 6.07) is 5.49. The van der Waals surface area contributed by atoms with Gasteiger partial charge in [0.2, 0.25) is 0 Å². The van der Waals surface area contributed by atoms with E-state index in [4.69, 9.17) is 16.3 Å². The monoisotopic (exact) mass is 318 g/mol. The molecule has 1 amide bonds. The van der Waals surface area contributed by atoms with Gasteiger partial charge in [-0.15, -0.1) is 12.4 Å². The number of hydrogen-bond acceptors (Lipinski definition) is 3. The van der Waals surface area contributed by atoms with Gasteiger partial charge in [-0.05, 0) is 50.6 Å². The van der Waals surface area contributed by atoms with Crippen LogP contribution in [0.5, 0.6) is 0 Å². The van der Waals surface area contributed by atoms with E-state index in [9.17, 15) is 4.79 Å². The number of carbonyl (C=O) groups excluding carboxylic acids is 1. The zero-order valence-electron chi connectivity index (χ0n) is 11.7. The van der Waals surface area contributed by atoms with Crippen LogP contribution < -0.4 is 10.6 Å². The van der Waals surface area contributed by atoms with Crippen molar-refractivity contribution < 1.29 is 9.53 Å². The number of carbonyl (C=O) groups is 1. The Morgan fingerprint density at radius 1 is 1.40 bits per heavy atom. The van der Waals surface area contributed by atoms with E-state index >= 15 is 0 Å². The third kappa shape index (κ3) is 3.44. The number of amides is 1. The van der Waals surface area contributed by atoms with Gasteiger partial charge in [-0.3, -0.25) is 4.79 Å². The summed E-state index contributed by atoms with van der Waals surface area (Å²) in [5.41, 5.74) is 0.880. The van der Waals surface area contributed by atoms with Gasteiger partial charge in [-0.2, -0.15) is 0 Å². The SMILES string of the molecule is COC1(C(=O)Nc2cccc(Cl)c2C)CCNCC1.Cl.